The number of hydrogen-bond donors (Lipinski definition) is 0. The maximum atomic E-state index is 12.8. The van der Waals surface area contributed by atoms with Gasteiger partial charge in [0.15, 0.2) is 0 Å². The zero-order chi connectivity index (χ0) is 17.4. The van der Waals surface area contributed by atoms with Crippen molar-refractivity contribution in [2.75, 3.05) is 26.2 Å². The predicted octanol–water partition coefficient (Wildman–Crippen LogP) is 1.58. The molecule has 4 heterocycles. The summed E-state index contributed by atoms with van der Waals surface area (Å²) in [6.07, 6.45) is 4.86. The van der Waals surface area contributed by atoms with Crippen LogP contribution in [0.2, 0.25) is 0 Å². The molecule has 0 atom stereocenters. The standard InChI is InChI=1S/C17H21N5O2S/c1-12-19-14(11-25-12)17(24)21-8-6-20(7-9-21)16(23)13-10-18-22-5-3-2-4-15(13)22/h10-11H,2-9H2,1H3. The number of thiazole rings is 1. The van der Waals surface area contributed by atoms with Gasteiger partial charge in [-0.25, -0.2) is 4.98 Å². The molecule has 0 unspecified atom stereocenters. The van der Waals surface area contributed by atoms with Crippen LogP contribution in [0.4, 0.5) is 0 Å². The Bertz CT molecular complexity index is 804. The van der Waals surface area contributed by atoms with Crippen molar-refractivity contribution in [1.29, 1.82) is 0 Å². The third-order valence-corrected chi connectivity index (χ3v) is 5.68. The molecule has 25 heavy (non-hydrogen) atoms. The fourth-order valence-electron chi connectivity index (χ4n) is 3.51. The van der Waals surface area contributed by atoms with E-state index in [1.165, 1.54) is 11.3 Å². The number of nitrogens with zero attached hydrogens (tertiary/aromatic N) is 5. The highest BCUT2D eigenvalue weighted by Crippen LogP contribution is 2.20. The van der Waals surface area contributed by atoms with E-state index in [2.05, 4.69) is 10.1 Å². The zero-order valence-corrected chi connectivity index (χ0v) is 15.1. The number of rotatable bonds is 2. The Hall–Kier alpha value is -2.22. The summed E-state index contributed by atoms with van der Waals surface area (Å²) in [5.41, 5.74) is 2.30. The molecule has 0 N–H and O–H groups in total. The molecule has 4 rings (SSSR count). The molecular formula is C17H21N5O2S. The molecule has 2 aromatic heterocycles. The Balaban J connectivity index is 1.41. The largest absolute Gasteiger partial charge is 0.335 e. The zero-order valence-electron chi connectivity index (χ0n) is 14.3. The molecule has 0 aromatic carbocycles. The van der Waals surface area contributed by atoms with Gasteiger partial charge in [-0.2, -0.15) is 5.10 Å². The number of aromatic nitrogens is 3. The summed E-state index contributed by atoms with van der Waals surface area (Å²) in [4.78, 5) is 33.2. The van der Waals surface area contributed by atoms with Crippen molar-refractivity contribution in [3.8, 4) is 0 Å². The molecule has 0 radical (unpaired) electrons. The molecule has 7 nitrogen and oxygen atoms in total. The summed E-state index contributed by atoms with van der Waals surface area (Å²) in [6, 6.07) is 0. The van der Waals surface area contributed by atoms with E-state index in [-0.39, 0.29) is 11.8 Å². The number of aryl methyl sites for hydroxylation is 2. The van der Waals surface area contributed by atoms with Gasteiger partial charge in [0.05, 0.1) is 22.5 Å². The van der Waals surface area contributed by atoms with Crippen molar-refractivity contribution < 1.29 is 9.59 Å². The Labute approximate surface area is 150 Å². The normalized spacial score (nSPS) is 17.5. The van der Waals surface area contributed by atoms with Gasteiger partial charge in [-0.05, 0) is 26.2 Å². The van der Waals surface area contributed by atoms with E-state index in [0.717, 1.165) is 42.1 Å². The first-order valence-electron chi connectivity index (χ1n) is 8.69. The second kappa shape index (κ2) is 6.59. The third-order valence-electron chi connectivity index (χ3n) is 4.90. The lowest BCUT2D eigenvalue weighted by molar-refractivity contribution is 0.0532. The molecule has 2 aliphatic rings. The Kier molecular flexibility index (Phi) is 4.29. The molecule has 2 amide bonds. The van der Waals surface area contributed by atoms with Crippen LogP contribution in [0.25, 0.3) is 0 Å². The maximum Gasteiger partial charge on any atom is 0.273 e. The van der Waals surface area contributed by atoms with Crippen LogP contribution in [0.15, 0.2) is 11.6 Å². The smallest absolute Gasteiger partial charge is 0.273 e. The molecule has 0 spiro atoms. The van der Waals surface area contributed by atoms with Crippen molar-refractivity contribution in [3.63, 3.8) is 0 Å². The summed E-state index contributed by atoms with van der Waals surface area (Å²) >= 11 is 1.48. The number of carbonyl (C=O) groups excluding carboxylic acids is 2. The van der Waals surface area contributed by atoms with Crippen LogP contribution < -0.4 is 0 Å². The third kappa shape index (κ3) is 3.06. The van der Waals surface area contributed by atoms with Gasteiger partial charge in [0.1, 0.15) is 5.69 Å². The van der Waals surface area contributed by atoms with Gasteiger partial charge in [0.25, 0.3) is 11.8 Å². The first kappa shape index (κ1) is 16.3. The molecule has 1 saturated heterocycles. The number of amides is 2. The first-order chi connectivity index (χ1) is 12.1. The molecule has 2 aliphatic heterocycles. The van der Waals surface area contributed by atoms with Crippen LogP contribution in [-0.4, -0.2) is 62.6 Å². The minimum Gasteiger partial charge on any atom is -0.335 e. The molecule has 1 fully saturated rings. The SMILES string of the molecule is Cc1nc(C(=O)N2CCN(C(=O)c3cnn4c3CCCC4)CC2)cs1. The topological polar surface area (TPSA) is 71.3 Å². The van der Waals surface area contributed by atoms with Crippen LogP contribution in [0.3, 0.4) is 0 Å². The van der Waals surface area contributed by atoms with Crippen molar-refractivity contribution in [1.82, 2.24) is 24.6 Å². The Morgan fingerprint density at radius 2 is 1.76 bits per heavy atom. The lowest BCUT2D eigenvalue weighted by Gasteiger charge is -2.34. The van der Waals surface area contributed by atoms with Gasteiger partial charge >= 0.3 is 0 Å². The molecule has 0 bridgehead atoms. The van der Waals surface area contributed by atoms with Gasteiger partial charge in [0.2, 0.25) is 0 Å². The summed E-state index contributed by atoms with van der Waals surface area (Å²) in [7, 11) is 0. The summed E-state index contributed by atoms with van der Waals surface area (Å²) in [5, 5.41) is 7.05. The van der Waals surface area contributed by atoms with Gasteiger partial charge < -0.3 is 9.80 Å². The fraction of sp³-hybridized carbons (Fsp3) is 0.529. The Morgan fingerprint density at radius 1 is 1.04 bits per heavy atom. The predicted molar refractivity (Wildman–Crippen MR) is 93.8 cm³/mol. The fourth-order valence-corrected chi connectivity index (χ4v) is 4.09. The number of carbonyl (C=O) groups is 2. The second-order valence-electron chi connectivity index (χ2n) is 6.52. The van der Waals surface area contributed by atoms with E-state index in [1.54, 1.807) is 16.5 Å². The number of hydrogen-bond acceptors (Lipinski definition) is 5. The molecular weight excluding hydrogens is 338 g/mol. The van der Waals surface area contributed by atoms with Crippen LogP contribution in [0, 0.1) is 6.92 Å². The lowest BCUT2D eigenvalue weighted by Crippen LogP contribution is -2.50. The molecule has 8 heteroatoms. The van der Waals surface area contributed by atoms with Crippen molar-refractivity contribution in [2.45, 2.75) is 32.7 Å². The molecule has 0 aliphatic carbocycles. The second-order valence-corrected chi connectivity index (χ2v) is 7.58. The number of fused-ring (bicyclic) bond motifs is 1. The minimum absolute atomic E-state index is 0.0414. The average molecular weight is 359 g/mol. The van der Waals surface area contributed by atoms with Crippen LogP contribution in [0.1, 0.15) is 44.4 Å². The van der Waals surface area contributed by atoms with E-state index in [0.29, 0.717) is 31.9 Å². The highest BCUT2D eigenvalue weighted by molar-refractivity contribution is 7.09. The summed E-state index contributed by atoms with van der Waals surface area (Å²) < 4.78 is 1.96. The summed E-state index contributed by atoms with van der Waals surface area (Å²) in [6.45, 7) is 4.99. The van der Waals surface area contributed by atoms with E-state index in [9.17, 15) is 9.59 Å². The first-order valence-corrected chi connectivity index (χ1v) is 9.57. The highest BCUT2D eigenvalue weighted by atomic mass is 32.1. The van der Waals surface area contributed by atoms with Gasteiger partial charge in [-0.3, -0.25) is 14.3 Å². The van der Waals surface area contributed by atoms with Crippen molar-refractivity contribution in [3.05, 3.63) is 33.5 Å². The van der Waals surface area contributed by atoms with Gasteiger partial charge in [0, 0.05) is 38.1 Å². The van der Waals surface area contributed by atoms with Crippen LogP contribution in [0.5, 0.6) is 0 Å². The Morgan fingerprint density at radius 3 is 2.44 bits per heavy atom. The van der Waals surface area contributed by atoms with Crippen molar-refractivity contribution >= 4 is 23.2 Å². The quantitative estimate of drug-likeness (QED) is 0.816. The lowest BCUT2D eigenvalue weighted by atomic mass is 10.1. The molecule has 2 aromatic rings. The number of piperazine rings is 1. The monoisotopic (exact) mass is 359 g/mol. The van der Waals surface area contributed by atoms with Gasteiger partial charge in [-0.1, -0.05) is 0 Å². The molecule has 0 saturated carbocycles. The van der Waals surface area contributed by atoms with E-state index in [1.807, 2.05) is 16.5 Å². The van der Waals surface area contributed by atoms with E-state index >= 15 is 0 Å². The van der Waals surface area contributed by atoms with Gasteiger partial charge in [-0.15, -0.1) is 11.3 Å². The van der Waals surface area contributed by atoms with Crippen LogP contribution in [-0.2, 0) is 13.0 Å². The minimum atomic E-state index is -0.0423. The van der Waals surface area contributed by atoms with Crippen LogP contribution >= 0.6 is 11.3 Å². The molecule has 132 valence electrons. The average Bonchev–Trinajstić information content (AvgIpc) is 3.27. The highest BCUT2D eigenvalue weighted by Gasteiger charge is 2.29. The van der Waals surface area contributed by atoms with Crippen molar-refractivity contribution in [2.24, 2.45) is 0 Å². The van der Waals surface area contributed by atoms with E-state index in [4.69, 9.17) is 0 Å². The summed E-state index contributed by atoms with van der Waals surface area (Å²) in [5.74, 6) is -0.000821. The maximum absolute atomic E-state index is 12.8. The van der Waals surface area contributed by atoms with E-state index < -0.39 is 0 Å².